The Hall–Kier alpha value is -1.66. The first-order valence-corrected chi connectivity index (χ1v) is 8.88. The van der Waals surface area contributed by atoms with Crippen LogP contribution < -0.4 is 9.47 Å². The summed E-state index contributed by atoms with van der Waals surface area (Å²) in [6.07, 6.45) is 4.46. The van der Waals surface area contributed by atoms with Gasteiger partial charge in [0.15, 0.2) is 11.5 Å². The fourth-order valence-corrected chi connectivity index (χ4v) is 3.40. The molecule has 7 heteroatoms. The summed E-state index contributed by atoms with van der Waals surface area (Å²) in [6.45, 7) is 2.53. The van der Waals surface area contributed by atoms with Crippen molar-refractivity contribution in [2.45, 2.75) is 26.2 Å². The molecule has 1 heterocycles. The van der Waals surface area contributed by atoms with E-state index >= 15 is 0 Å². The van der Waals surface area contributed by atoms with Crippen molar-refractivity contribution in [2.24, 2.45) is 0 Å². The summed E-state index contributed by atoms with van der Waals surface area (Å²) in [7, 11) is 3.05. The summed E-state index contributed by atoms with van der Waals surface area (Å²) in [5.74, 6) is 0.745. The van der Waals surface area contributed by atoms with Gasteiger partial charge in [-0.1, -0.05) is 31.4 Å². The largest absolute Gasteiger partial charge is 0.493 e. The van der Waals surface area contributed by atoms with E-state index in [9.17, 15) is 9.59 Å². The van der Waals surface area contributed by atoms with Crippen LogP contribution >= 0.6 is 23.4 Å². The van der Waals surface area contributed by atoms with E-state index < -0.39 is 0 Å². The third kappa shape index (κ3) is 4.05. The van der Waals surface area contributed by atoms with E-state index in [2.05, 4.69) is 6.92 Å². The summed E-state index contributed by atoms with van der Waals surface area (Å²) in [4.78, 5) is 26.1. The van der Waals surface area contributed by atoms with Gasteiger partial charge < -0.3 is 9.47 Å². The molecule has 0 unspecified atom stereocenters. The van der Waals surface area contributed by atoms with Gasteiger partial charge in [-0.15, -0.1) is 0 Å². The monoisotopic (exact) mass is 369 g/mol. The van der Waals surface area contributed by atoms with Crippen molar-refractivity contribution in [1.29, 1.82) is 0 Å². The molecule has 1 aliphatic rings. The Balaban J connectivity index is 2.25. The number of hydrogen-bond donors (Lipinski definition) is 0. The molecule has 1 aromatic carbocycles. The Bertz CT molecular complexity index is 675. The van der Waals surface area contributed by atoms with Gasteiger partial charge in [-0.3, -0.25) is 14.5 Å². The van der Waals surface area contributed by atoms with Crippen LogP contribution in [0.3, 0.4) is 0 Å². The van der Waals surface area contributed by atoms with Crippen LogP contribution in [0.5, 0.6) is 11.5 Å². The minimum atomic E-state index is -0.271. The van der Waals surface area contributed by atoms with E-state index in [-0.39, 0.29) is 11.1 Å². The van der Waals surface area contributed by atoms with Gasteiger partial charge in [0.25, 0.3) is 11.1 Å². The molecule has 2 amide bonds. The minimum absolute atomic E-state index is 0.237. The number of hydrogen-bond acceptors (Lipinski definition) is 5. The van der Waals surface area contributed by atoms with Crippen LogP contribution in [0.25, 0.3) is 6.08 Å². The Morgan fingerprint density at radius 3 is 2.46 bits per heavy atom. The summed E-state index contributed by atoms with van der Waals surface area (Å²) >= 11 is 7.17. The molecule has 0 aromatic heterocycles. The Kier molecular flexibility index (Phi) is 6.57. The normalized spacial score (nSPS) is 16.2. The molecule has 0 atom stereocenters. The molecule has 5 nitrogen and oxygen atoms in total. The highest BCUT2D eigenvalue weighted by molar-refractivity contribution is 8.18. The Morgan fingerprint density at radius 1 is 1.17 bits per heavy atom. The lowest BCUT2D eigenvalue weighted by atomic mass is 10.1. The lowest BCUT2D eigenvalue weighted by Gasteiger charge is -2.11. The van der Waals surface area contributed by atoms with Gasteiger partial charge in [0.2, 0.25) is 0 Å². The quantitative estimate of drug-likeness (QED) is 0.520. The van der Waals surface area contributed by atoms with Gasteiger partial charge in [0.05, 0.1) is 24.1 Å². The third-order valence-corrected chi connectivity index (χ3v) is 4.88. The van der Waals surface area contributed by atoms with Crippen molar-refractivity contribution >= 4 is 40.6 Å². The number of ether oxygens (including phenoxy) is 2. The zero-order valence-electron chi connectivity index (χ0n) is 13.9. The Labute approximate surface area is 150 Å². The second-order valence-corrected chi connectivity index (χ2v) is 6.67. The van der Waals surface area contributed by atoms with Crippen LogP contribution in [0.4, 0.5) is 4.79 Å². The van der Waals surface area contributed by atoms with Crippen molar-refractivity contribution in [3.8, 4) is 11.5 Å². The van der Waals surface area contributed by atoms with Crippen LogP contribution in [0, 0.1) is 0 Å². The number of carbonyl (C=O) groups is 2. The van der Waals surface area contributed by atoms with Gasteiger partial charge in [-0.25, -0.2) is 0 Å². The molecule has 0 aliphatic carbocycles. The molecule has 0 radical (unpaired) electrons. The predicted molar refractivity (Wildman–Crippen MR) is 96.8 cm³/mol. The van der Waals surface area contributed by atoms with E-state index in [0.29, 0.717) is 33.5 Å². The van der Waals surface area contributed by atoms with Crippen molar-refractivity contribution in [3.63, 3.8) is 0 Å². The number of benzene rings is 1. The molecule has 130 valence electrons. The highest BCUT2D eigenvalue weighted by atomic mass is 35.5. The van der Waals surface area contributed by atoms with E-state index in [1.165, 1.54) is 19.1 Å². The molecule has 1 saturated heterocycles. The standard InChI is InChI=1S/C17H20ClNO4S/c1-4-5-6-7-19-16(20)15(24-17(19)21)9-11-8-13(22-2)14(23-3)10-12(11)18/h8-10H,4-7H2,1-3H3/b15-9-. The van der Waals surface area contributed by atoms with Crippen LogP contribution in [0.15, 0.2) is 17.0 Å². The molecule has 0 saturated carbocycles. The molecule has 1 aromatic rings. The number of rotatable bonds is 7. The van der Waals surface area contributed by atoms with Crippen molar-refractivity contribution in [2.75, 3.05) is 20.8 Å². The molecule has 1 aliphatic heterocycles. The molecule has 1 fully saturated rings. The second kappa shape index (κ2) is 8.44. The van der Waals surface area contributed by atoms with Crippen LogP contribution in [0.1, 0.15) is 31.7 Å². The summed E-state index contributed by atoms with van der Waals surface area (Å²) in [6, 6.07) is 3.31. The smallest absolute Gasteiger partial charge is 0.293 e. The molecule has 0 spiro atoms. The first-order valence-electron chi connectivity index (χ1n) is 7.68. The van der Waals surface area contributed by atoms with Gasteiger partial charge in [-0.2, -0.15) is 0 Å². The van der Waals surface area contributed by atoms with Crippen molar-refractivity contribution < 1.29 is 19.1 Å². The van der Waals surface area contributed by atoms with Crippen molar-refractivity contribution in [1.82, 2.24) is 4.90 Å². The zero-order valence-corrected chi connectivity index (χ0v) is 15.5. The third-order valence-electron chi connectivity index (χ3n) is 3.65. The zero-order chi connectivity index (χ0) is 17.7. The van der Waals surface area contributed by atoms with Gasteiger partial charge in [0.1, 0.15) is 0 Å². The number of nitrogens with zero attached hydrogens (tertiary/aromatic N) is 1. The lowest BCUT2D eigenvalue weighted by molar-refractivity contribution is -0.122. The number of thioether (sulfide) groups is 1. The maximum Gasteiger partial charge on any atom is 0.293 e. The lowest BCUT2D eigenvalue weighted by Crippen LogP contribution is -2.29. The first-order chi connectivity index (χ1) is 11.5. The molecule has 0 N–H and O–H groups in total. The average Bonchev–Trinajstić information content (AvgIpc) is 2.83. The average molecular weight is 370 g/mol. The molecule has 2 rings (SSSR count). The van der Waals surface area contributed by atoms with Gasteiger partial charge in [0, 0.05) is 12.6 Å². The predicted octanol–water partition coefficient (Wildman–Crippen LogP) is 4.58. The number of halogens is 1. The summed E-state index contributed by atoms with van der Waals surface area (Å²) in [5.41, 5.74) is 0.605. The number of carbonyl (C=O) groups excluding carboxylic acids is 2. The van der Waals surface area contributed by atoms with Gasteiger partial charge >= 0.3 is 0 Å². The maximum atomic E-state index is 12.4. The first kappa shape index (κ1) is 18.7. The summed E-state index contributed by atoms with van der Waals surface area (Å²) in [5, 5.41) is 0.185. The second-order valence-electron chi connectivity index (χ2n) is 5.27. The fraction of sp³-hybridized carbons (Fsp3) is 0.412. The molecule has 0 bridgehead atoms. The number of amides is 2. The van der Waals surface area contributed by atoms with Crippen LogP contribution in [-0.4, -0.2) is 36.8 Å². The number of imide groups is 1. The van der Waals surface area contributed by atoms with E-state index in [1.807, 2.05) is 0 Å². The van der Waals surface area contributed by atoms with Crippen molar-refractivity contribution in [3.05, 3.63) is 27.6 Å². The van der Waals surface area contributed by atoms with Crippen LogP contribution in [-0.2, 0) is 4.79 Å². The van der Waals surface area contributed by atoms with E-state index in [4.69, 9.17) is 21.1 Å². The van der Waals surface area contributed by atoms with Gasteiger partial charge in [-0.05, 0) is 35.9 Å². The van der Waals surface area contributed by atoms with Crippen LogP contribution in [0.2, 0.25) is 5.02 Å². The highest BCUT2D eigenvalue weighted by Crippen LogP contribution is 2.37. The SMILES string of the molecule is CCCCCN1C(=O)S/C(=C\c2cc(OC)c(OC)cc2Cl)C1=O. The fourth-order valence-electron chi connectivity index (χ4n) is 2.33. The highest BCUT2D eigenvalue weighted by Gasteiger charge is 2.34. The molecular formula is C17H20ClNO4S. The number of methoxy groups -OCH3 is 2. The Morgan fingerprint density at radius 2 is 1.83 bits per heavy atom. The molecular weight excluding hydrogens is 350 g/mol. The maximum absolute atomic E-state index is 12.4. The van der Waals surface area contributed by atoms with E-state index in [1.54, 1.807) is 18.2 Å². The molecule has 24 heavy (non-hydrogen) atoms. The number of unbranched alkanes of at least 4 members (excludes halogenated alkanes) is 2. The topological polar surface area (TPSA) is 55.8 Å². The summed E-state index contributed by atoms with van der Waals surface area (Å²) < 4.78 is 10.4. The van der Waals surface area contributed by atoms with E-state index in [0.717, 1.165) is 31.0 Å². The minimum Gasteiger partial charge on any atom is -0.493 e.